The van der Waals surface area contributed by atoms with Gasteiger partial charge in [0.2, 0.25) is 5.91 Å². The SMILES string of the molecule is CCN(CC)c1ccc(N2CC=C[C@]34S[C@@H]5/C=C\CCCCOC(=O)[C@@H]5[C@H]3C(=O)N(CCCO)C4C2=O)cc1. The molecule has 1 aromatic rings. The molecule has 5 atom stereocenters. The quantitative estimate of drug-likeness (QED) is 0.409. The van der Waals surface area contributed by atoms with E-state index in [1.54, 1.807) is 21.6 Å². The van der Waals surface area contributed by atoms with Gasteiger partial charge in [0, 0.05) is 49.4 Å². The minimum Gasteiger partial charge on any atom is -0.465 e. The molecule has 8 nitrogen and oxygen atoms in total. The van der Waals surface area contributed by atoms with E-state index in [-0.39, 0.29) is 36.2 Å². The van der Waals surface area contributed by atoms with Crippen LogP contribution in [0, 0.1) is 11.8 Å². The second kappa shape index (κ2) is 11.8. The summed E-state index contributed by atoms with van der Waals surface area (Å²) in [5.41, 5.74) is 1.87. The van der Waals surface area contributed by atoms with Crippen LogP contribution in [0.2, 0.25) is 0 Å². The lowest BCUT2D eigenvalue weighted by Crippen LogP contribution is -2.53. The summed E-state index contributed by atoms with van der Waals surface area (Å²) >= 11 is 1.55. The number of amides is 2. The van der Waals surface area contributed by atoms with Crippen LogP contribution in [0.4, 0.5) is 11.4 Å². The molecule has 2 amide bonds. The van der Waals surface area contributed by atoms with Crippen molar-refractivity contribution in [3.8, 4) is 0 Å². The van der Waals surface area contributed by atoms with Crippen LogP contribution in [0.15, 0.2) is 48.6 Å². The van der Waals surface area contributed by atoms with Crippen LogP contribution in [0.25, 0.3) is 0 Å². The highest BCUT2D eigenvalue weighted by molar-refractivity contribution is 8.02. The summed E-state index contributed by atoms with van der Waals surface area (Å²) in [4.78, 5) is 47.5. The number of hydrogen-bond acceptors (Lipinski definition) is 7. The van der Waals surface area contributed by atoms with Crippen LogP contribution in [-0.2, 0) is 19.1 Å². The lowest BCUT2D eigenvalue weighted by Gasteiger charge is -2.35. The summed E-state index contributed by atoms with van der Waals surface area (Å²) < 4.78 is 4.78. The van der Waals surface area contributed by atoms with Crippen molar-refractivity contribution in [1.82, 2.24) is 4.90 Å². The molecule has 39 heavy (non-hydrogen) atoms. The third-order valence-corrected chi connectivity index (χ3v) is 10.2. The van der Waals surface area contributed by atoms with E-state index in [2.05, 4.69) is 24.8 Å². The normalized spacial score (nSPS) is 31.3. The molecule has 2 saturated heterocycles. The van der Waals surface area contributed by atoms with Gasteiger partial charge >= 0.3 is 5.97 Å². The predicted molar refractivity (Wildman–Crippen MR) is 154 cm³/mol. The number of cyclic esters (lactones) is 1. The number of aliphatic hydroxyl groups is 1. The fourth-order valence-electron chi connectivity index (χ4n) is 6.56. The number of rotatable bonds is 7. The maximum atomic E-state index is 14.4. The Morgan fingerprint density at radius 3 is 2.56 bits per heavy atom. The van der Waals surface area contributed by atoms with Gasteiger partial charge in [-0.1, -0.05) is 24.3 Å². The first kappa shape index (κ1) is 27.8. The topological polar surface area (TPSA) is 90.4 Å². The van der Waals surface area contributed by atoms with Gasteiger partial charge in [-0.05, 0) is 63.8 Å². The van der Waals surface area contributed by atoms with Crippen molar-refractivity contribution in [1.29, 1.82) is 0 Å². The van der Waals surface area contributed by atoms with Gasteiger partial charge in [-0.15, -0.1) is 11.8 Å². The number of esters is 1. The summed E-state index contributed by atoms with van der Waals surface area (Å²) in [5, 5.41) is 9.34. The fraction of sp³-hybridized carbons (Fsp3) is 0.567. The number of carbonyl (C=O) groups excluding carboxylic acids is 3. The second-order valence-electron chi connectivity index (χ2n) is 10.6. The van der Waals surface area contributed by atoms with Gasteiger partial charge in [0.15, 0.2) is 0 Å². The number of benzene rings is 1. The number of allylic oxidation sites excluding steroid dienone is 1. The van der Waals surface area contributed by atoms with Gasteiger partial charge in [-0.2, -0.15) is 0 Å². The first-order valence-electron chi connectivity index (χ1n) is 14.2. The Labute approximate surface area is 235 Å². The average molecular weight is 554 g/mol. The Kier molecular flexibility index (Phi) is 8.38. The van der Waals surface area contributed by atoms with Gasteiger partial charge in [0.05, 0.1) is 23.2 Å². The van der Waals surface area contributed by atoms with Gasteiger partial charge in [0.1, 0.15) is 6.04 Å². The van der Waals surface area contributed by atoms with Crippen molar-refractivity contribution in [3.63, 3.8) is 0 Å². The summed E-state index contributed by atoms with van der Waals surface area (Å²) in [6.45, 7) is 6.92. The van der Waals surface area contributed by atoms with Gasteiger partial charge in [0.25, 0.3) is 5.91 Å². The van der Waals surface area contributed by atoms with Crippen molar-refractivity contribution in [2.45, 2.75) is 55.6 Å². The largest absolute Gasteiger partial charge is 0.465 e. The molecule has 0 radical (unpaired) electrons. The van der Waals surface area contributed by atoms with Crippen LogP contribution < -0.4 is 9.80 Å². The Morgan fingerprint density at radius 1 is 1.08 bits per heavy atom. The van der Waals surface area contributed by atoms with Crippen LogP contribution >= 0.6 is 11.8 Å². The van der Waals surface area contributed by atoms with Gasteiger partial charge in [-0.25, -0.2) is 0 Å². The maximum absolute atomic E-state index is 14.4. The number of anilines is 2. The lowest BCUT2D eigenvalue weighted by atomic mass is 9.78. The number of fused-ring (bicyclic) bond motifs is 2. The zero-order chi connectivity index (χ0) is 27.6. The minimum absolute atomic E-state index is 0.0846. The van der Waals surface area contributed by atoms with E-state index >= 15 is 0 Å². The highest BCUT2D eigenvalue weighted by Crippen LogP contribution is 2.60. The summed E-state index contributed by atoms with van der Waals surface area (Å²) in [7, 11) is 0. The third kappa shape index (κ3) is 4.88. The molecular weight excluding hydrogens is 514 g/mol. The number of nitrogens with zero attached hydrogens (tertiary/aromatic N) is 3. The molecule has 4 heterocycles. The molecule has 1 spiro atoms. The Balaban J connectivity index is 1.54. The molecule has 1 aromatic carbocycles. The second-order valence-corrected chi connectivity index (χ2v) is 12.1. The standard InChI is InChI=1S/C30H39N3O5S/c1-3-31(4-2)21-12-14-22(15-13-21)32-17-9-16-30-25(27(35)33(18-10-19-34)26(30)28(32)36)24-23(39-30)11-7-5-6-8-20-38-29(24)37/h7,9,11-16,23-26,34H,3-6,8,10,17-20H2,1-2H3/b11-7-/t23-,24+,25+,26?,30+/m1/s1. The predicted octanol–water partition coefficient (Wildman–Crippen LogP) is 3.40. The molecular formula is C30H39N3O5S. The first-order chi connectivity index (χ1) is 19.0. The number of thioether (sulfide) groups is 1. The van der Waals surface area contributed by atoms with Crippen LogP contribution in [0.1, 0.15) is 39.5 Å². The summed E-state index contributed by atoms with van der Waals surface area (Å²) in [6.07, 6.45) is 11.1. The summed E-state index contributed by atoms with van der Waals surface area (Å²) in [5.74, 6) is -2.06. The van der Waals surface area contributed by atoms with Gasteiger partial charge < -0.3 is 24.5 Å². The van der Waals surface area contributed by atoms with Crippen molar-refractivity contribution < 1.29 is 24.2 Å². The molecule has 4 aliphatic rings. The maximum Gasteiger partial charge on any atom is 0.311 e. The van der Waals surface area contributed by atoms with E-state index in [0.717, 1.165) is 43.7 Å². The molecule has 2 fully saturated rings. The Morgan fingerprint density at radius 2 is 1.85 bits per heavy atom. The van der Waals surface area contributed by atoms with Crippen LogP contribution in [-0.4, -0.2) is 83.2 Å². The molecule has 210 valence electrons. The fourth-order valence-corrected chi connectivity index (χ4v) is 8.56. The number of carbonyl (C=O) groups is 3. The van der Waals surface area contributed by atoms with E-state index in [0.29, 0.717) is 19.6 Å². The number of likely N-dealkylation sites (tertiary alicyclic amines) is 1. The highest BCUT2D eigenvalue weighted by atomic mass is 32.2. The number of ether oxygens (including phenoxy) is 1. The molecule has 1 N–H and O–H groups in total. The molecule has 0 saturated carbocycles. The molecule has 1 unspecified atom stereocenters. The molecule has 0 aliphatic carbocycles. The van der Waals surface area contributed by atoms with Crippen molar-refractivity contribution in [2.75, 3.05) is 49.2 Å². The van der Waals surface area contributed by atoms with E-state index in [1.807, 2.05) is 42.5 Å². The molecule has 0 aromatic heterocycles. The number of aliphatic hydroxyl groups excluding tert-OH is 1. The molecule has 4 aliphatic heterocycles. The van der Waals surface area contributed by atoms with E-state index in [4.69, 9.17) is 4.74 Å². The first-order valence-corrected chi connectivity index (χ1v) is 15.1. The zero-order valence-corrected chi connectivity index (χ0v) is 23.6. The van der Waals surface area contributed by atoms with E-state index in [9.17, 15) is 19.5 Å². The Hall–Kier alpha value is -2.78. The average Bonchev–Trinajstić information content (AvgIpc) is 3.33. The highest BCUT2D eigenvalue weighted by Gasteiger charge is 2.70. The van der Waals surface area contributed by atoms with Crippen molar-refractivity contribution in [3.05, 3.63) is 48.6 Å². The number of hydrogen-bond donors (Lipinski definition) is 1. The van der Waals surface area contributed by atoms with Crippen molar-refractivity contribution in [2.24, 2.45) is 11.8 Å². The zero-order valence-electron chi connectivity index (χ0n) is 22.8. The molecule has 5 rings (SSSR count). The van der Waals surface area contributed by atoms with Crippen molar-refractivity contribution >= 4 is 40.9 Å². The van der Waals surface area contributed by atoms with Gasteiger partial charge in [-0.3, -0.25) is 14.4 Å². The third-order valence-electron chi connectivity index (χ3n) is 8.45. The minimum atomic E-state index is -0.883. The van der Waals surface area contributed by atoms with Crippen LogP contribution in [0.5, 0.6) is 0 Å². The Bertz CT molecular complexity index is 1130. The monoisotopic (exact) mass is 553 g/mol. The van der Waals surface area contributed by atoms with Crippen LogP contribution in [0.3, 0.4) is 0 Å². The van der Waals surface area contributed by atoms with E-state index in [1.165, 1.54) is 0 Å². The molecule has 9 heteroatoms. The summed E-state index contributed by atoms with van der Waals surface area (Å²) in [6, 6.07) is 7.22. The molecule has 0 bridgehead atoms. The lowest BCUT2D eigenvalue weighted by molar-refractivity contribution is -0.153. The van der Waals surface area contributed by atoms with E-state index < -0.39 is 22.6 Å². The smallest absolute Gasteiger partial charge is 0.311 e.